The SMILES string of the molecule is COc1ccc(C2(c3ccc(OC)cc3)C=Cc3c(ccc4c5c(ccc34)OCN(C)C5)O2)cc1. The van der Waals surface area contributed by atoms with Crippen molar-refractivity contribution in [2.24, 2.45) is 0 Å². The largest absolute Gasteiger partial charge is 0.497 e. The lowest BCUT2D eigenvalue weighted by Gasteiger charge is -2.36. The second kappa shape index (κ2) is 8.36. The molecule has 0 atom stereocenters. The maximum atomic E-state index is 6.90. The minimum atomic E-state index is -0.781. The van der Waals surface area contributed by atoms with Crippen molar-refractivity contribution in [3.63, 3.8) is 0 Å². The molecule has 35 heavy (non-hydrogen) atoms. The number of ether oxygens (including phenoxy) is 4. The molecular formula is C30H27NO4. The summed E-state index contributed by atoms with van der Waals surface area (Å²) in [6.45, 7) is 1.47. The topological polar surface area (TPSA) is 40.2 Å². The fraction of sp³-hybridized carbons (Fsp3) is 0.200. The van der Waals surface area contributed by atoms with Crippen LogP contribution in [0.25, 0.3) is 16.8 Å². The third-order valence-electron chi connectivity index (χ3n) is 6.93. The zero-order chi connectivity index (χ0) is 24.0. The third kappa shape index (κ3) is 3.51. The maximum absolute atomic E-state index is 6.90. The molecule has 0 unspecified atom stereocenters. The molecule has 4 aromatic rings. The molecule has 4 aromatic carbocycles. The molecule has 2 heterocycles. The van der Waals surface area contributed by atoms with Crippen LogP contribution in [0.5, 0.6) is 23.0 Å². The van der Waals surface area contributed by atoms with Crippen LogP contribution in [-0.2, 0) is 12.1 Å². The molecule has 0 saturated heterocycles. The molecule has 176 valence electrons. The van der Waals surface area contributed by atoms with Crippen LogP contribution in [0.2, 0.25) is 0 Å². The van der Waals surface area contributed by atoms with Crippen LogP contribution in [0.1, 0.15) is 22.3 Å². The van der Waals surface area contributed by atoms with Gasteiger partial charge in [-0.3, -0.25) is 4.90 Å². The van der Waals surface area contributed by atoms with Crippen molar-refractivity contribution < 1.29 is 18.9 Å². The van der Waals surface area contributed by atoms with E-state index in [-0.39, 0.29) is 0 Å². The summed E-state index contributed by atoms with van der Waals surface area (Å²) < 4.78 is 23.6. The Morgan fingerprint density at radius 2 is 1.34 bits per heavy atom. The van der Waals surface area contributed by atoms with E-state index in [1.54, 1.807) is 14.2 Å². The van der Waals surface area contributed by atoms with Crippen molar-refractivity contribution in [3.05, 3.63) is 101 Å². The van der Waals surface area contributed by atoms with Gasteiger partial charge in [-0.2, -0.15) is 0 Å². The van der Waals surface area contributed by atoms with Gasteiger partial charge in [-0.1, -0.05) is 30.3 Å². The van der Waals surface area contributed by atoms with E-state index in [2.05, 4.69) is 72.6 Å². The smallest absolute Gasteiger partial charge is 0.178 e. The monoisotopic (exact) mass is 465 g/mol. The Morgan fingerprint density at radius 1 is 0.743 bits per heavy atom. The van der Waals surface area contributed by atoms with Crippen molar-refractivity contribution >= 4 is 16.8 Å². The van der Waals surface area contributed by atoms with Crippen LogP contribution in [0.4, 0.5) is 0 Å². The zero-order valence-corrected chi connectivity index (χ0v) is 20.1. The van der Waals surface area contributed by atoms with E-state index in [9.17, 15) is 0 Å². The number of hydrogen-bond acceptors (Lipinski definition) is 5. The van der Waals surface area contributed by atoms with Gasteiger partial charge in [-0.15, -0.1) is 0 Å². The molecule has 0 spiro atoms. The number of methoxy groups -OCH3 is 2. The highest BCUT2D eigenvalue weighted by molar-refractivity contribution is 5.97. The van der Waals surface area contributed by atoms with Crippen molar-refractivity contribution in [1.82, 2.24) is 4.90 Å². The maximum Gasteiger partial charge on any atom is 0.178 e. The first-order valence-electron chi connectivity index (χ1n) is 11.7. The molecule has 0 bridgehead atoms. The van der Waals surface area contributed by atoms with Gasteiger partial charge in [-0.05, 0) is 72.4 Å². The van der Waals surface area contributed by atoms with Crippen molar-refractivity contribution in [2.75, 3.05) is 28.0 Å². The second-order valence-corrected chi connectivity index (χ2v) is 9.03. The molecule has 0 radical (unpaired) electrons. The van der Waals surface area contributed by atoms with E-state index in [0.29, 0.717) is 6.73 Å². The minimum Gasteiger partial charge on any atom is -0.497 e. The summed E-state index contributed by atoms with van der Waals surface area (Å²) in [5.74, 6) is 3.42. The average molecular weight is 466 g/mol. The summed E-state index contributed by atoms with van der Waals surface area (Å²) in [7, 11) is 5.42. The Bertz CT molecular complexity index is 1380. The summed E-state index contributed by atoms with van der Waals surface area (Å²) >= 11 is 0. The molecule has 0 N–H and O–H groups in total. The van der Waals surface area contributed by atoms with Crippen LogP contribution >= 0.6 is 0 Å². The molecule has 6 rings (SSSR count). The summed E-state index contributed by atoms with van der Waals surface area (Å²) in [6.07, 6.45) is 4.34. The van der Waals surface area contributed by atoms with Gasteiger partial charge in [0.25, 0.3) is 0 Å². The van der Waals surface area contributed by atoms with Gasteiger partial charge in [0.2, 0.25) is 0 Å². The molecular weight excluding hydrogens is 438 g/mol. The second-order valence-electron chi connectivity index (χ2n) is 9.03. The molecule has 0 amide bonds. The van der Waals surface area contributed by atoms with E-state index in [1.807, 2.05) is 24.3 Å². The molecule has 0 aromatic heterocycles. The van der Waals surface area contributed by atoms with E-state index in [0.717, 1.165) is 51.6 Å². The number of benzene rings is 4. The highest BCUT2D eigenvalue weighted by atomic mass is 16.5. The Labute approximate surface area is 205 Å². The van der Waals surface area contributed by atoms with E-state index >= 15 is 0 Å². The lowest BCUT2D eigenvalue weighted by molar-refractivity contribution is 0.122. The van der Waals surface area contributed by atoms with Crippen molar-refractivity contribution in [1.29, 1.82) is 0 Å². The van der Waals surface area contributed by atoms with Crippen molar-refractivity contribution in [3.8, 4) is 23.0 Å². The quantitative estimate of drug-likeness (QED) is 0.370. The standard InChI is InChI=1S/C30H27NO4/c1-31-18-27-25-13-15-29-26(24(25)12-14-28(27)34-19-31)16-17-30(35-29,20-4-8-22(32-2)9-5-20)21-6-10-23(33-3)11-7-21/h4-17H,18-19H2,1-3H3. The molecule has 0 aliphatic carbocycles. The molecule has 0 saturated carbocycles. The Hall–Kier alpha value is -3.96. The van der Waals surface area contributed by atoms with Gasteiger partial charge in [0.1, 0.15) is 29.7 Å². The molecule has 2 aliphatic heterocycles. The highest BCUT2D eigenvalue weighted by Crippen LogP contribution is 2.46. The van der Waals surface area contributed by atoms with Gasteiger partial charge < -0.3 is 18.9 Å². The summed E-state index contributed by atoms with van der Waals surface area (Å²) in [5.41, 5.74) is 3.55. The first-order valence-corrected chi connectivity index (χ1v) is 11.7. The van der Waals surface area contributed by atoms with Gasteiger partial charge in [-0.25, -0.2) is 0 Å². The molecule has 5 heteroatoms. The first-order chi connectivity index (χ1) is 17.1. The zero-order valence-electron chi connectivity index (χ0n) is 20.1. The fourth-order valence-corrected chi connectivity index (χ4v) is 5.07. The van der Waals surface area contributed by atoms with Gasteiger partial charge in [0, 0.05) is 28.8 Å². The van der Waals surface area contributed by atoms with E-state index < -0.39 is 5.60 Å². The van der Waals surface area contributed by atoms with E-state index in [1.165, 1.54) is 10.9 Å². The Balaban J connectivity index is 1.50. The third-order valence-corrected chi connectivity index (χ3v) is 6.93. The molecule has 2 aliphatic rings. The number of hydrogen-bond donors (Lipinski definition) is 0. The van der Waals surface area contributed by atoms with Crippen LogP contribution < -0.4 is 18.9 Å². The summed E-state index contributed by atoms with van der Waals surface area (Å²) in [5, 5.41) is 2.36. The van der Waals surface area contributed by atoms with Gasteiger partial charge in [0.15, 0.2) is 5.60 Å². The molecule has 5 nitrogen and oxygen atoms in total. The molecule has 0 fully saturated rings. The van der Waals surface area contributed by atoms with Crippen LogP contribution in [-0.4, -0.2) is 32.9 Å². The number of fused-ring (bicyclic) bond motifs is 5. The van der Waals surface area contributed by atoms with Crippen LogP contribution in [0, 0.1) is 0 Å². The van der Waals surface area contributed by atoms with Gasteiger partial charge in [0.05, 0.1) is 14.2 Å². The average Bonchev–Trinajstić information content (AvgIpc) is 2.92. The normalized spacial score (nSPS) is 16.1. The van der Waals surface area contributed by atoms with Crippen molar-refractivity contribution in [2.45, 2.75) is 12.1 Å². The Morgan fingerprint density at radius 3 is 1.97 bits per heavy atom. The first kappa shape index (κ1) is 21.6. The van der Waals surface area contributed by atoms with Crippen LogP contribution in [0.3, 0.4) is 0 Å². The predicted molar refractivity (Wildman–Crippen MR) is 137 cm³/mol. The summed E-state index contributed by atoms with van der Waals surface area (Å²) in [6, 6.07) is 24.6. The highest BCUT2D eigenvalue weighted by Gasteiger charge is 2.37. The lowest BCUT2D eigenvalue weighted by Crippen LogP contribution is -2.34. The van der Waals surface area contributed by atoms with E-state index in [4.69, 9.17) is 18.9 Å². The number of rotatable bonds is 4. The van der Waals surface area contributed by atoms with Gasteiger partial charge >= 0.3 is 0 Å². The Kier molecular flexibility index (Phi) is 5.15. The lowest BCUT2D eigenvalue weighted by atomic mass is 9.83. The fourth-order valence-electron chi connectivity index (χ4n) is 5.07. The number of nitrogens with zero attached hydrogens (tertiary/aromatic N) is 1. The predicted octanol–water partition coefficient (Wildman–Crippen LogP) is 5.99. The minimum absolute atomic E-state index is 0.610. The van der Waals surface area contributed by atoms with Crippen LogP contribution in [0.15, 0.2) is 78.9 Å². The summed E-state index contributed by atoms with van der Waals surface area (Å²) in [4.78, 5) is 2.17.